The van der Waals surface area contributed by atoms with Gasteiger partial charge in [0.25, 0.3) is 0 Å². The van der Waals surface area contributed by atoms with Crippen molar-refractivity contribution in [2.45, 2.75) is 6.42 Å². The van der Waals surface area contributed by atoms with Crippen molar-refractivity contribution in [2.75, 3.05) is 16.8 Å². The van der Waals surface area contributed by atoms with Gasteiger partial charge in [-0.3, -0.25) is 4.79 Å². The maximum absolute atomic E-state index is 11.8. The van der Waals surface area contributed by atoms with Gasteiger partial charge in [0.15, 0.2) is 0 Å². The van der Waals surface area contributed by atoms with Crippen molar-refractivity contribution < 1.29 is 9.90 Å². The first-order chi connectivity index (χ1) is 7.63. The molecule has 0 aliphatic carbocycles. The molecule has 1 N–H and O–H groups in total. The van der Waals surface area contributed by atoms with Gasteiger partial charge in [-0.05, 0) is 18.1 Å². The van der Waals surface area contributed by atoms with Crippen LogP contribution in [0.5, 0.6) is 5.75 Å². The number of phenolic OH excluding ortho intramolecular Hbond substituents is 1. The van der Waals surface area contributed by atoms with Gasteiger partial charge < -0.3 is 10.0 Å². The maximum atomic E-state index is 11.8. The summed E-state index contributed by atoms with van der Waals surface area (Å²) in [5.74, 6) is 0.340. The summed E-state index contributed by atoms with van der Waals surface area (Å²) in [6.07, 6.45) is 0.496. The molecule has 1 amide bonds. The quantitative estimate of drug-likeness (QED) is 0.854. The van der Waals surface area contributed by atoms with Gasteiger partial charge in [0, 0.05) is 18.3 Å². The molecule has 0 radical (unpaired) electrons. The van der Waals surface area contributed by atoms with Crippen molar-refractivity contribution in [1.82, 2.24) is 0 Å². The molecule has 1 saturated heterocycles. The van der Waals surface area contributed by atoms with Gasteiger partial charge >= 0.3 is 0 Å². The molecule has 86 valence electrons. The largest absolute Gasteiger partial charge is 0.506 e. The molecule has 2 rings (SSSR count). The van der Waals surface area contributed by atoms with Crippen LogP contribution in [0, 0.1) is 5.92 Å². The molecule has 0 spiro atoms. The molecule has 16 heavy (non-hydrogen) atoms. The van der Waals surface area contributed by atoms with Crippen LogP contribution >= 0.6 is 27.5 Å². The van der Waals surface area contributed by atoms with Crippen LogP contribution in [0.4, 0.5) is 5.69 Å². The third-order valence-corrected chi connectivity index (χ3v) is 3.88. The highest BCUT2D eigenvalue weighted by molar-refractivity contribution is 9.09. The zero-order chi connectivity index (χ0) is 11.7. The van der Waals surface area contributed by atoms with Crippen LogP contribution in [-0.4, -0.2) is 22.9 Å². The van der Waals surface area contributed by atoms with E-state index in [9.17, 15) is 9.90 Å². The van der Waals surface area contributed by atoms with Crippen molar-refractivity contribution in [3.8, 4) is 5.75 Å². The topological polar surface area (TPSA) is 40.5 Å². The Kier molecular flexibility index (Phi) is 3.40. The zero-order valence-corrected chi connectivity index (χ0v) is 10.8. The monoisotopic (exact) mass is 303 g/mol. The van der Waals surface area contributed by atoms with Gasteiger partial charge in [0.1, 0.15) is 11.4 Å². The molecule has 1 aromatic carbocycles. The molecule has 1 unspecified atom stereocenters. The number of aromatic hydroxyl groups is 1. The number of phenols is 1. The molecule has 3 nitrogen and oxygen atoms in total. The van der Waals surface area contributed by atoms with E-state index in [-0.39, 0.29) is 17.6 Å². The number of nitrogens with zero attached hydrogens (tertiary/aromatic N) is 1. The van der Waals surface area contributed by atoms with Gasteiger partial charge in [-0.2, -0.15) is 0 Å². The Labute approximate surface area is 107 Å². The van der Waals surface area contributed by atoms with E-state index in [1.807, 2.05) is 0 Å². The van der Waals surface area contributed by atoms with E-state index in [0.29, 0.717) is 23.7 Å². The number of anilines is 1. The summed E-state index contributed by atoms with van der Waals surface area (Å²) in [4.78, 5) is 13.3. The molecule has 1 atom stereocenters. The molecule has 1 heterocycles. The van der Waals surface area contributed by atoms with E-state index in [1.54, 1.807) is 17.0 Å². The summed E-state index contributed by atoms with van der Waals surface area (Å²) in [5, 5.41) is 10.9. The van der Waals surface area contributed by atoms with Crippen LogP contribution in [-0.2, 0) is 4.79 Å². The molecule has 1 aliphatic heterocycles. The van der Waals surface area contributed by atoms with Crippen LogP contribution in [0.2, 0.25) is 5.02 Å². The number of para-hydroxylation sites is 1. The molecule has 0 bridgehead atoms. The Hall–Kier alpha value is -0.740. The smallest absolute Gasteiger partial charge is 0.227 e. The minimum absolute atomic E-state index is 0.00727. The van der Waals surface area contributed by atoms with Crippen LogP contribution < -0.4 is 4.90 Å². The van der Waals surface area contributed by atoms with Crippen LogP contribution in [0.1, 0.15) is 6.42 Å². The number of rotatable bonds is 2. The Balaban J connectivity index is 2.35. The fourth-order valence-corrected chi connectivity index (χ4v) is 2.58. The predicted molar refractivity (Wildman–Crippen MR) is 67.4 cm³/mol. The summed E-state index contributed by atoms with van der Waals surface area (Å²) in [5.41, 5.74) is 0.428. The third-order valence-electron chi connectivity index (χ3n) is 2.66. The lowest BCUT2D eigenvalue weighted by Crippen LogP contribution is -2.25. The summed E-state index contributed by atoms with van der Waals surface area (Å²) >= 11 is 9.37. The van der Waals surface area contributed by atoms with Crippen LogP contribution in [0.25, 0.3) is 0 Å². The van der Waals surface area contributed by atoms with Crippen molar-refractivity contribution in [3.05, 3.63) is 23.2 Å². The average molecular weight is 305 g/mol. The van der Waals surface area contributed by atoms with Gasteiger partial charge in [-0.25, -0.2) is 0 Å². The lowest BCUT2D eigenvalue weighted by Gasteiger charge is -2.19. The fraction of sp³-hybridized carbons (Fsp3) is 0.364. The lowest BCUT2D eigenvalue weighted by atomic mass is 10.2. The Morgan fingerprint density at radius 3 is 2.88 bits per heavy atom. The second kappa shape index (κ2) is 4.63. The fourth-order valence-electron chi connectivity index (χ4n) is 1.87. The zero-order valence-electron chi connectivity index (χ0n) is 8.49. The molecule has 1 aromatic rings. The Morgan fingerprint density at radius 2 is 2.31 bits per heavy atom. The van der Waals surface area contributed by atoms with Crippen LogP contribution in [0.15, 0.2) is 18.2 Å². The van der Waals surface area contributed by atoms with Crippen LogP contribution in [0.3, 0.4) is 0 Å². The highest BCUT2D eigenvalue weighted by Gasteiger charge is 2.32. The van der Waals surface area contributed by atoms with Gasteiger partial charge in [0.2, 0.25) is 5.91 Å². The number of benzene rings is 1. The standard InChI is InChI=1S/C11H11BrClNO2/c12-5-7-4-10(16)14(6-7)11-8(13)2-1-3-9(11)15/h1-3,7,15H,4-6H2. The van der Waals surface area contributed by atoms with Gasteiger partial charge in [0.05, 0.1) is 5.02 Å². The molecular weight excluding hydrogens is 293 g/mol. The number of hydrogen-bond acceptors (Lipinski definition) is 2. The highest BCUT2D eigenvalue weighted by atomic mass is 79.9. The second-order valence-corrected chi connectivity index (χ2v) is 4.89. The Bertz CT molecular complexity index is 404. The van der Waals surface area contributed by atoms with E-state index >= 15 is 0 Å². The summed E-state index contributed by atoms with van der Waals surface area (Å²) in [7, 11) is 0. The number of hydrogen-bond donors (Lipinski definition) is 1. The number of carbonyl (C=O) groups is 1. The van der Waals surface area contributed by atoms with Crippen molar-refractivity contribution in [3.63, 3.8) is 0 Å². The van der Waals surface area contributed by atoms with E-state index in [4.69, 9.17) is 11.6 Å². The molecule has 0 aromatic heterocycles. The number of halogens is 2. The van der Waals surface area contributed by atoms with Gasteiger partial charge in [-0.15, -0.1) is 0 Å². The number of alkyl halides is 1. The van der Waals surface area contributed by atoms with Crippen molar-refractivity contribution in [1.29, 1.82) is 0 Å². The van der Waals surface area contributed by atoms with E-state index in [2.05, 4.69) is 15.9 Å². The summed E-state index contributed by atoms with van der Waals surface area (Å²) < 4.78 is 0. The minimum atomic E-state index is 0.00727. The van der Waals surface area contributed by atoms with Gasteiger partial charge in [-0.1, -0.05) is 33.6 Å². The van der Waals surface area contributed by atoms with E-state index < -0.39 is 0 Å². The van der Waals surface area contributed by atoms with Crippen molar-refractivity contribution >= 4 is 39.1 Å². The minimum Gasteiger partial charge on any atom is -0.506 e. The normalized spacial score (nSPS) is 20.5. The lowest BCUT2D eigenvalue weighted by molar-refractivity contribution is -0.117. The molecular formula is C11H11BrClNO2. The molecule has 5 heteroatoms. The molecule has 1 aliphatic rings. The SMILES string of the molecule is O=C1CC(CBr)CN1c1c(O)cccc1Cl. The first kappa shape index (κ1) is 11.7. The van der Waals surface area contributed by atoms with E-state index in [1.165, 1.54) is 6.07 Å². The predicted octanol–water partition coefficient (Wildman–Crippen LogP) is 2.79. The Morgan fingerprint density at radius 1 is 1.56 bits per heavy atom. The first-order valence-electron chi connectivity index (χ1n) is 4.97. The molecule has 1 fully saturated rings. The average Bonchev–Trinajstić information content (AvgIpc) is 2.60. The molecule has 0 saturated carbocycles. The van der Waals surface area contributed by atoms with Crippen molar-refractivity contribution in [2.24, 2.45) is 5.92 Å². The second-order valence-electron chi connectivity index (χ2n) is 3.84. The maximum Gasteiger partial charge on any atom is 0.227 e. The summed E-state index contributed by atoms with van der Waals surface area (Å²) in [6, 6.07) is 4.87. The summed E-state index contributed by atoms with van der Waals surface area (Å²) in [6.45, 7) is 0.599. The number of amides is 1. The first-order valence-corrected chi connectivity index (χ1v) is 6.47. The number of carbonyl (C=O) groups excluding carboxylic acids is 1. The highest BCUT2D eigenvalue weighted by Crippen LogP contribution is 2.38. The third kappa shape index (κ3) is 2.04. The van der Waals surface area contributed by atoms with E-state index in [0.717, 1.165) is 5.33 Å².